The van der Waals surface area contributed by atoms with Gasteiger partial charge in [-0.1, -0.05) is 0 Å². The molecule has 0 radical (unpaired) electrons. The van der Waals surface area contributed by atoms with Gasteiger partial charge in [-0.2, -0.15) is 0 Å². The molecule has 0 saturated carbocycles. The lowest BCUT2D eigenvalue weighted by atomic mass is 10.2. The van der Waals surface area contributed by atoms with E-state index in [1.165, 1.54) is 14.0 Å². The number of hydrogen-bond donors (Lipinski definition) is 3. The number of carbonyl (C=O) groups is 2. The first-order valence-electron chi connectivity index (χ1n) is 5.34. The first-order chi connectivity index (χ1) is 8.04. The van der Waals surface area contributed by atoms with E-state index in [1.54, 1.807) is 4.90 Å². The molecular formula is C10H20N2O5. The molecule has 0 aromatic rings. The smallest absolute Gasteiger partial charge is 0.329 e. The summed E-state index contributed by atoms with van der Waals surface area (Å²) in [6.07, 6.45) is 0. The highest BCUT2D eigenvalue weighted by Crippen LogP contribution is 1.95. The molecule has 0 fully saturated rings. The van der Waals surface area contributed by atoms with Crippen molar-refractivity contribution in [3.8, 4) is 0 Å². The molecule has 3 N–H and O–H groups in total. The van der Waals surface area contributed by atoms with Gasteiger partial charge in [0, 0.05) is 26.6 Å². The van der Waals surface area contributed by atoms with Gasteiger partial charge >= 0.3 is 5.97 Å². The van der Waals surface area contributed by atoms with Crippen molar-refractivity contribution in [3.05, 3.63) is 0 Å². The lowest BCUT2D eigenvalue weighted by Gasteiger charge is -2.25. The Morgan fingerprint density at radius 1 is 1.29 bits per heavy atom. The van der Waals surface area contributed by atoms with Crippen LogP contribution in [0.4, 0.5) is 0 Å². The van der Waals surface area contributed by atoms with Crippen LogP contribution in [0.1, 0.15) is 6.92 Å². The van der Waals surface area contributed by atoms with Crippen molar-refractivity contribution in [3.63, 3.8) is 0 Å². The van der Waals surface area contributed by atoms with E-state index in [2.05, 4.69) is 10.1 Å². The number of nitrogens with one attached hydrogen (secondary N) is 1. The Balaban J connectivity index is 4.45. The molecule has 0 spiro atoms. The zero-order valence-electron chi connectivity index (χ0n) is 10.2. The predicted octanol–water partition coefficient (Wildman–Crippen LogP) is -2.05. The second-order valence-corrected chi connectivity index (χ2v) is 3.52. The van der Waals surface area contributed by atoms with E-state index < -0.39 is 12.0 Å². The van der Waals surface area contributed by atoms with Gasteiger partial charge in [0.25, 0.3) is 0 Å². The first-order valence-corrected chi connectivity index (χ1v) is 5.34. The maximum Gasteiger partial charge on any atom is 0.329 e. The van der Waals surface area contributed by atoms with Crippen molar-refractivity contribution in [2.24, 2.45) is 0 Å². The van der Waals surface area contributed by atoms with Crippen LogP contribution in [0, 0.1) is 0 Å². The maximum absolute atomic E-state index is 11.4. The fraction of sp³-hybridized carbons (Fsp3) is 0.800. The summed E-state index contributed by atoms with van der Waals surface area (Å²) in [5, 5.41) is 20.1. The third kappa shape index (κ3) is 6.88. The Morgan fingerprint density at radius 3 is 2.18 bits per heavy atom. The zero-order chi connectivity index (χ0) is 13.3. The zero-order valence-corrected chi connectivity index (χ0v) is 10.2. The van der Waals surface area contributed by atoms with Crippen molar-refractivity contribution >= 4 is 11.9 Å². The Kier molecular flexibility index (Phi) is 8.29. The molecule has 0 rings (SSSR count). The molecule has 1 amide bonds. The summed E-state index contributed by atoms with van der Waals surface area (Å²) in [7, 11) is 1.24. The summed E-state index contributed by atoms with van der Waals surface area (Å²) in [5.74, 6) is -0.894. The number of ether oxygens (including phenoxy) is 1. The van der Waals surface area contributed by atoms with E-state index in [1.807, 2.05) is 0 Å². The van der Waals surface area contributed by atoms with E-state index in [0.29, 0.717) is 13.1 Å². The molecule has 0 heterocycles. The Morgan fingerprint density at radius 2 is 1.82 bits per heavy atom. The molecule has 7 heteroatoms. The molecule has 0 aliphatic rings. The first kappa shape index (κ1) is 15.8. The fourth-order valence-corrected chi connectivity index (χ4v) is 1.40. The van der Waals surface area contributed by atoms with Gasteiger partial charge in [-0.3, -0.25) is 9.69 Å². The van der Waals surface area contributed by atoms with Crippen molar-refractivity contribution < 1.29 is 24.5 Å². The number of nitrogens with zero attached hydrogens (tertiary/aromatic N) is 1. The quantitative estimate of drug-likeness (QED) is 0.428. The topological polar surface area (TPSA) is 99.1 Å². The van der Waals surface area contributed by atoms with Crippen LogP contribution in [0.2, 0.25) is 0 Å². The van der Waals surface area contributed by atoms with Gasteiger partial charge in [0.2, 0.25) is 5.91 Å². The number of methoxy groups -OCH3 is 1. The molecule has 0 aromatic carbocycles. The van der Waals surface area contributed by atoms with Crippen molar-refractivity contribution in [2.75, 3.05) is 40.0 Å². The molecule has 0 saturated heterocycles. The number of aliphatic hydroxyl groups excluding tert-OH is 2. The van der Waals surface area contributed by atoms with Gasteiger partial charge in [-0.05, 0) is 0 Å². The molecule has 0 aromatic heterocycles. The molecule has 100 valence electrons. The minimum Gasteiger partial charge on any atom is -0.467 e. The van der Waals surface area contributed by atoms with Crippen LogP contribution in [0.15, 0.2) is 0 Å². The number of carbonyl (C=O) groups excluding carboxylic acids is 2. The van der Waals surface area contributed by atoms with E-state index >= 15 is 0 Å². The summed E-state index contributed by atoms with van der Waals surface area (Å²) in [6.45, 7) is 1.94. The summed E-state index contributed by atoms with van der Waals surface area (Å²) in [6, 6.07) is -0.796. The van der Waals surface area contributed by atoms with Gasteiger partial charge in [-0.15, -0.1) is 0 Å². The Hall–Kier alpha value is -1.18. The lowest BCUT2D eigenvalue weighted by Crippen LogP contribution is -2.49. The molecule has 0 aliphatic heterocycles. The van der Waals surface area contributed by atoms with Gasteiger partial charge < -0.3 is 20.3 Å². The van der Waals surface area contributed by atoms with Crippen LogP contribution in [0.3, 0.4) is 0 Å². The molecule has 1 atom stereocenters. The largest absolute Gasteiger partial charge is 0.467 e. The van der Waals surface area contributed by atoms with E-state index in [-0.39, 0.29) is 25.7 Å². The highest BCUT2D eigenvalue weighted by Gasteiger charge is 2.22. The molecule has 7 nitrogen and oxygen atoms in total. The summed E-state index contributed by atoms with van der Waals surface area (Å²) < 4.78 is 4.57. The molecule has 1 unspecified atom stereocenters. The van der Waals surface area contributed by atoms with E-state index in [4.69, 9.17) is 10.2 Å². The number of rotatable bonds is 8. The van der Waals surface area contributed by atoms with E-state index in [0.717, 1.165) is 0 Å². The van der Waals surface area contributed by atoms with Crippen molar-refractivity contribution in [1.82, 2.24) is 10.2 Å². The number of hydrogen-bond acceptors (Lipinski definition) is 6. The maximum atomic E-state index is 11.4. The highest BCUT2D eigenvalue weighted by molar-refractivity contribution is 5.83. The van der Waals surface area contributed by atoms with Crippen LogP contribution < -0.4 is 5.32 Å². The molecular weight excluding hydrogens is 228 g/mol. The molecule has 0 aliphatic carbocycles. The third-order valence-corrected chi connectivity index (χ3v) is 2.14. The minimum atomic E-state index is -0.796. The van der Waals surface area contributed by atoms with Gasteiger partial charge in [-0.25, -0.2) is 4.79 Å². The third-order valence-electron chi connectivity index (χ3n) is 2.14. The van der Waals surface area contributed by atoms with Crippen LogP contribution in [-0.2, 0) is 14.3 Å². The number of aliphatic hydroxyl groups is 2. The number of amides is 1. The average Bonchev–Trinajstić information content (AvgIpc) is 2.27. The van der Waals surface area contributed by atoms with E-state index in [9.17, 15) is 9.59 Å². The predicted molar refractivity (Wildman–Crippen MR) is 60.2 cm³/mol. The molecule has 17 heavy (non-hydrogen) atoms. The summed E-state index contributed by atoms with van der Waals surface area (Å²) >= 11 is 0. The number of esters is 1. The van der Waals surface area contributed by atoms with Crippen LogP contribution in [0.5, 0.6) is 0 Å². The summed E-state index contributed by atoms with van der Waals surface area (Å²) in [5.41, 5.74) is 0. The van der Waals surface area contributed by atoms with Crippen molar-refractivity contribution in [1.29, 1.82) is 0 Å². The summed E-state index contributed by atoms with van der Waals surface area (Å²) in [4.78, 5) is 24.0. The van der Waals surface area contributed by atoms with Crippen molar-refractivity contribution in [2.45, 2.75) is 13.0 Å². The average molecular weight is 248 g/mol. The Bertz CT molecular complexity index is 241. The lowest BCUT2D eigenvalue weighted by molar-refractivity contribution is -0.145. The minimum absolute atomic E-state index is 0.0893. The second kappa shape index (κ2) is 8.91. The fourth-order valence-electron chi connectivity index (χ4n) is 1.40. The standard InChI is InChI=1S/C10H20N2O5/c1-8(15)11-9(10(16)17-2)7-12(3-5-13)4-6-14/h9,13-14H,3-7H2,1-2H3,(H,11,15). The van der Waals surface area contributed by atoms with Gasteiger partial charge in [0.15, 0.2) is 0 Å². The SMILES string of the molecule is COC(=O)C(CN(CCO)CCO)NC(C)=O. The monoisotopic (exact) mass is 248 g/mol. The van der Waals surface area contributed by atoms with Gasteiger partial charge in [0.05, 0.1) is 20.3 Å². The Labute approximate surface area is 100 Å². The van der Waals surface area contributed by atoms with Crippen LogP contribution in [-0.4, -0.2) is 73.0 Å². The van der Waals surface area contributed by atoms with Crippen LogP contribution in [0.25, 0.3) is 0 Å². The highest BCUT2D eigenvalue weighted by atomic mass is 16.5. The molecule has 0 bridgehead atoms. The van der Waals surface area contributed by atoms with Gasteiger partial charge in [0.1, 0.15) is 6.04 Å². The van der Waals surface area contributed by atoms with Crippen LogP contribution >= 0.6 is 0 Å². The normalized spacial score (nSPS) is 12.3. The second-order valence-electron chi connectivity index (χ2n) is 3.52.